The Morgan fingerprint density at radius 1 is 1.42 bits per heavy atom. The van der Waals surface area contributed by atoms with Gasteiger partial charge >= 0.3 is 12.0 Å². The molecule has 6 heteroatoms. The molecule has 2 amide bonds. The number of carboxylic acids is 1. The molecule has 6 nitrogen and oxygen atoms in total. The van der Waals surface area contributed by atoms with E-state index in [1.807, 2.05) is 38.1 Å². The van der Waals surface area contributed by atoms with E-state index >= 15 is 0 Å². The molecule has 1 aromatic carbocycles. The van der Waals surface area contributed by atoms with Gasteiger partial charge in [-0.15, -0.1) is 0 Å². The number of nitrogens with one attached hydrogen (secondary N) is 1. The molecule has 0 radical (unpaired) electrons. The lowest BCUT2D eigenvalue weighted by Gasteiger charge is -2.35. The van der Waals surface area contributed by atoms with Crippen LogP contribution in [0, 0.1) is 11.8 Å². The zero-order valence-corrected chi connectivity index (χ0v) is 14.5. The Morgan fingerprint density at radius 2 is 2.17 bits per heavy atom. The Morgan fingerprint density at radius 3 is 2.83 bits per heavy atom. The number of rotatable bonds is 5. The number of nitrogens with zero attached hydrogens (tertiary/aromatic N) is 1. The topological polar surface area (TPSA) is 78.9 Å². The predicted molar refractivity (Wildman–Crippen MR) is 91.2 cm³/mol. The number of amides is 2. The summed E-state index contributed by atoms with van der Waals surface area (Å²) >= 11 is 0. The molecular formula is C18H26N2O4. The SMILES string of the molecule is COc1cccc(CC(C)NC(=O)N2CC(C)CC(C(=O)O)C2)c1. The minimum Gasteiger partial charge on any atom is -0.497 e. The van der Waals surface area contributed by atoms with Crippen LogP contribution in [-0.4, -0.2) is 48.2 Å². The van der Waals surface area contributed by atoms with Crippen LogP contribution in [-0.2, 0) is 11.2 Å². The lowest BCUT2D eigenvalue weighted by atomic mass is 9.91. The number of carbonyl (C=O) groups is 2. The van der Waals surface area contributed by atoms with Crippen LogP contribution in [0.2, 0.25) is 0 Å². The van der Waals surface area contributed by atoms with Gasteiger partial charge < -0.3 is 20.1 Å². The van der Waals surface area contributed by atoms with Crippen molar-refractivity contribution in [3.8, 4) is 5.75 Å². The summed E-state index contributed by atoms with van der Waals surface area (Å²) in [7, 11) is 1.63. The summed E-state index contributed by atoms with van der Waals surface area (Å²) in [4.78, 5) is 25.3. The van der Waals surface area contributed by atoms with Crippen LogP contribution in [0.5, 0.6) is 5.75 Å². The molecule has 132 valence electrons. The number of methoxy groups -OCH3 is 1. The standard InChI is InChI=1S/C18H26N2O4/c1-12-7-15(17(21)22)11-20(10-12)18(23)19-13(2)8-14-5-4-6-16(9-14)24-3/h4-6,9,12-13,15H,7-8,10-11H2,1-3H3,(H,19,23)(H,21,22). The highest BCUT2D eigenvalue weighted by Crippen LogP contribution is 2.22. The maximum atomic E-state index is 12.4. The number of likely N-dealkylation sites (tertiary alicyclic amines) is 1. The van der Waals surface area contributed by atoms with Crippen LogP contribution < -0.4 is 10.1 Å². The van der Waals surface area contributed by atoms with Crippen LogP contribution in [0.4, 0.5) is 4.79 Å². The maximum Gasteiger partial charge on any atom is 0.317 e. The highest BCUT2D eigenvalue weighted by atomic mass is 16.5. The summed E-state index contributed by atoms with van der Waals surface area (Å²) in [6.45, 7) is 4.80. The normalized spacial score (nSPS) is 21.9. The second-order valence-electron chi connectivity index (χ2n) is 6.69. The molecule has 1 saturated heterocycles. The third-order valence-corrected chi connectivity index (χ3v) is 4.34. The van der Waals surface area contributed by atoms with E-state index < -0.39 is 11.9 Å². The lowest BCUT2D eigenvalue weighted by molar-refractivity contribution is -0.143. The molecule has 0 saturated carbocycles. The van der Waals surface area contributed by atoms with Crippen molar-refractivity contribution < 1.29 is 19.4 Å². The van der Waals surface area contributed by atoms with E-state index in [1.54, 1.807) is 12.0 Å². The zero-order chi connectivity index (χ0) is 17.7. The average molecular weight is 334 g/mol. The molecular weight excluding hydrogens is 308 g/mol. The van der Waals surface area contributed by atoms with E-state index in [0.717, 1.165) is 11.3 Å². The van der Waals surface area contributed by atoms with Crippen LogP contribution in [0.15, 0.2) is 24.3 Å². The van der Waals surface area contributed by atoms with Crippen LogP contribution in [0.1, 0.15) is 25.8 Å². The number of hydrogen-bond donors (Lipinski definition) is 2. The fraction of sp³-hybridized carbons (Fsp3) is 0.556. The molecule has 0 aromatic heterocycles. The van der Waals surface area contributed by atoms with Gasteiger partial charge in [-0.3, -0.25) is 4.79 Å². The van der Waals surface area contributed by atoms with Crippen molar-refractivity contribution >= 4 is 12.0 Å². The van der Waals surface area contributed by atoms with E-state index in [0.29, 0.717) is 19.4 Å². The molecule has 0 aliphatic carbocycles. The molecule has 1 aliphatic rings. The smallest absolute Gasteiger partial charge is 0.317 e. The van der Waals surface area contributed by atoms with Crippen molar-refractivity contribution in [2.75, 3.05) is 20.2 Å². The van der Waals surface area contributed by atoms with E-state index in [2.05, 4.69) is 5.32 Å². The highest BCUT2D eigenvalue weighted by molar-refractivity contribution is 5.76. The molecule has 2 rings (SSSR count). The van der Waals surface area contributed by atoms with Gasteiger partial charge in [0.1, 0.15) is 5.75 Å². The Hall–Kier alpha value is -2.24. The third kappa shape index (κ3) is 4.88. The summed E-state index contributed by atoms with van der Waals surface area (Å²) < 4.78 is 5.21. The molecule has 1 fully saturated rings. The number of aliphatic carboxylic acids is 1. The van der Waals surface area contributed by atoms with Gasteiger partial charge in [-0.05, 0) is 43.4 Å². The predicted octanol–water partition coefficient (Wildman–Crippen LogP) is 2.38. The van der Waals surface area contributed by atoms with Crippen LogP contribution in [0.25, 0.3) is 0 Å². The fourth-order valence-corrected chi connectivity index (χ4v) is 3.20. The molecule has 1 heterocycles. The number of hydrogen-bond acceptors (Lipinski definition) is 3. The molecule has 3 atom stereocenters. The number of ether oxygens (including phenoxy) is 1. The fourth-order valence-electron chi connectivity index (χ4n) is 3.20. The van der Waals surface area contributed by atoms with Crippen LogP contribution >= 0.6 is 0 Å². The lowest BCUT2D eigenvalue weighted by Crippen LogP contribution is -2.51. The van der Waals surface area contributed by atoms with Crippen molar-refractivity contribution in [3.05, 3.63) is 29.8 Å². The number of urea groups is 1. The van der Waals surface area contributed by atoms with Gasteiger partial charge in [0.2, 0.25) is 0 Å². The summed E-state index contributed by atoms with van der Waals surface area (Å²) in [6, 6.07) is 7.51. The molecule has 3 unspecified atom stereocenters. The number of benzene rings is 1. The Labute approximate surface area is 142 Å². The third-order valence-electron chi connectivity index (χ3n) is 4.34. The first-order valence-electron chi connectivity index (χ1n) is 8.30. The second-order valence-corrected chi connectivity index (χ2v) is 6.69. The van der Waals surface area contributed by atoms with Gasteiger partial charge in [0.05, 0.1) is 13.0 Å². The Kier molecular flexibility index (Phi) is 6.06. The number of piperidine rings is 1. The first kappa shape index (κ1) is 18.1. The number of carboxylic acid groups (broad SMARTS) is 1. The monoisotopic (exact) mass is 334 g/mol. The van der Waals surface area contributed by atoms with Gasteiger partial charge in [0, 0.05) is 19.1 Å². The molecule has 1 aliphatic heterocycles. The Bertz CT molecular complexity index is 590. The van der Waals surface area contributed by atoms with Crippen LogP contribution in [0.3, 0.4) is 0 Å². The van der Waals surface area contributed by atoms with E-state index in [-0.39, 0.29) is 24.5 Å². The first-order chi connectivity index (χ1) is 11.4. The van der Waals surface area contributed by atoms with E-state index in [4.69, 9.17) is 4.74 Å². The summed E-state index contributed by atoms with van der Waals surface area (Å²) in [5.41, 5.74) is 1.08. The minimum atomic E-state index is -0.830. The average Bonchev–Trinajstić information content (AvgIpc) is 2.54. The molecule has 0 bridgehead atoms. The van der Waals surface area contributed by atoms with E-state index in [9.17, 15) is 14.7 Å². The van der Waals surface area contributed by atoms with Gasteiger partial charge in [0.25, 0.3) is 0 Å². The second kappa shape index (κ2) is 8.04. The first-order valence-corrected chi connectivity index (χ1v) is 8.30. The summed E-state index contributed by atoms with van der Waals surface area (Å²) in [6.07, 6.45) is 1.31. The number of carbonyl (C=O) groups excluding carboxylic acids is 1. The van der Waals surface area contributed by atoms with Crippen molar-refractivity contribution in [2.45, 2.75) is 32.7 Å². The maximum absolute atomic E-state index is 12.4. The Balaban J connectivity index is 1.91. The van der Waals surface area contributed by atoms with Crippen molar-refractivity contribution in [2.24, 2.45) is 11.8 Å². The zero-order valence-electron chi connectivity index (χ0n) is 14.5. The molecule has 0 spiro atoms. The molecule has 24 heavy (non-hydrogen) atoms. The van der Waals surface area contributed by atoms with Crippen molar-refractivity contribution in [3.63, 3.8) is 0 Å². The summed E-state index contributed by atoms with van der Waals surface area (Å²) in [5.74, 6) is -0.323. The van der Waals surface area contributed by atoms with Crippen molar-refractivity contribution in [1.29, 1.82) is 0 Å². The van der Waals surface area contributed by atoms with Gasteiger partial charge in [0.15, 0.2) is 0 Å². The quantitative estimate of drug-likeness (QED) is 0.866. The molecule has 2 N–H and O–H groups in total. The largest absolute Gasteiger partial charge is 0.497 e. The van der Waals surface area contributed by atoms with Gasteiger partial charge in [-0.25, -0.2) is 4.79 Å². The minimum absolute atomic E-state index is 0.0508. The van der Waals surface area contributed by atoms with Gasteiger partial charge in [-0.2, -0.15) is 0 Å². The van der Waals surface area contributed by atoms with Crippen molar-refractivity contribution in [1.82, 2.24) is 10.2 Å². The molecule has 1 aromatic rings. The highest BCUT2D eigenvalue weighted by Gasteiger charge is 2.32. The van der Waals surface area contributed by atoms with Gasteiger partial charge in [-0.1, -0.05) is 19.1 Å². The van der Waals surface area contributed by atoms with E-state index in [1.165, 1.54) is 0 Å². The summed E-state index contributed by atoms with van der Waals surface area (Å²) in [5, 5.41) is 12.2.